The molecule has 0 saturated heterocycles. The lowest BCUT2D eigenvalue weighted by atomic mass is 10.0. The van der Waals surface area contributed by atoms with E-state index in [0.717, 1.165) is 41.0 Å². The van der Waals surface area contributed by atoms with E-state index in [1.807, 2.05) is 26.0 Å². The normalized spacial score (nSPS) is 11.3. The molecule has 32 heavy (non-hydrogen) atoms. The smallest absolute Gasteiger partial charge is 0.303 e. The Morgan fingerprint density at radius 2 is 1.62 bits per heavy atom. The van der Waals surface area contributed by atoms with Gasteiger partial charge in [-0.3, -0.25) is 4.79 Å². The number of hydrogen-bond donors (Lipinski definition) is 2. The van der Waals surface area contributed by atoms with Crippen molar-refractivity contribution in [2.75, 3.05) is 0 Å². The maximum absolute atomic E-state index is 13.2. The first-order chi connectivity index (χ1) is 15.1. The number of sulfone groups is 1. The largest absolute Gasteiger partial charge is 0.507 e. The molecular formula is C24H23FO6S. The van der Waals surface area contributed by atoms with Crippen LogP contribution < -0.4 is 4.74 Å². The van der Waals surface area contributed by atoms with E-state index in [9.17, 15) is 22.7 Å². The van der Waals surface area contributed by atoms with Crippen LogP contribution >= 0.6 is 0 Å². The van der Waals surface area contributed by atoms with Crippen molar-refractivity contribution in [3.05, 3.63) is 77.1 Å². The van der Waals surface area contributed by atoms with Crippen molar-refractivity contribution in [1.29, 1.82) is 0 Å². The van der Waals surface area contributed by atoms with Crippen LogP contribution in [0, 0.1) is 19.7 Å². The van der Waals surface area contributed by atoms with Crippen LogP contribution in [0.2, 0.25) is 0 Å². The third-order valence-electron chi connectivity index (χ3n) is 4.94. The van der Waals surface area contributed by atoms with Gasteiger partial charge in [0.05, 0.1) is 4.90 Å². The van der Waals surface area contributed by atoms with E-state index in [1.165, 1.54) is 18.2 Å². The maximum atomic E-state index is 13.2. The summed E-state index contributed by atoms with van der Waals surface area (Å²) < 4.78 is 45.0. The molecule has 0 radical (unpaired) electrons. The fourth-order valence-corrected chi connectivity index (χ4v) is 4.78. The summed E-state index contributed by atoms with van der Waals surface area (Å²) in [6.07, 6.45) is 1.24. The average molecular weight is 459 g/mol. The highest BCUT2D eigenvalue weighted by Gasteiger charge is 2.23. The van der Waals surface area contributed by atoms with E-state index in [0.29, 0.717) is 18.6 Å². The molecule has 3 rings (SSSR count). The van der Waals surface area contributed by atoms with Crippen LogP contribution in [0.15, 0.2) is 64.4 Å². The molecule has 3 aromatic rings. The Labute approximate surface area is 185 Å². The zero-order valence-corrected chi connectivity index (χ0v) is 18.4. The molecule has 0 fully saturated rings. The topological polar surface area (TPSA) is 101 Å². The van der Waals surface area contributed by atoms with E-state index >= 15 is 0 Å². The first kappa shape index (κ1) is 23.3. The molecule has 0 amide bonds. The zero-order valence-electron chi connectivity index (χ0n) is 17.6. The predicted octanol–water partition coefficient (Wildman–Crippen LogP) is 5.18. The average Bonchev–Trinajstić information content (AvgIpc) is 2.72. The number of aromatic hydroxyl groups is 1. The summed E-state index contributed by atoms with van der Waals surface area (Å²) in [5, 5.41) is 19.0. The van der Waals surface area contributed by atoms with Crippen LogP contribution in [-0.2, 0) is 21.1 Å². The summed E-state index contributed by atoms with van der Waals surface area (Å²) >= 11 is 0. The Morgan fingerprint density at radius 3 is 2.22 bits per heavy atom. The second kappa shape index (κ2) is 9.40. The molecule has 0 spiro atoms. The second-order valence-corrected chi connectivity index (χ2v) is 9.41. The first-order valence-corrected chi connectivity index (χ1v) is 11.4. The van der Waals surface area contributed by atoms with E-state index in [-0.39, 0.29) is 22.0 Å². The molecule has 168 valence electrons. The number of carboxylic acid groups (broad SMARTS) is 1. The quantitative estimate of drug-likeness (QED) is 0.451. The summed E-state index contributed by atoms with van der Waals surface area (Å²) in [5.74, 6) is -1.08. The molecule has 6 nitrogen and oxygen atoms in total. The Morgan fingerprint density at radius 1 is 1.00 bits per heavy atom. The van der Waals surface area contributed by atoms with Gasteiger partial charge in [0, 0.05) is 12.5 Å². The Hall–Kier alpha value is -3.39. The number of carbonyl (C=O) groups is 1. The van der Waals surface area contributed by atoms with Crippen LogP contribution in [0.25, 0.3) is 0 Å². The lowest BCUT2D eigenvalue weighted by Gasteiger charge is -2.15. The van der Waals surface area contributed by atoms with Gasteiger partial charge in [0.25, 0.3) is 0 Å². The number of phenolic OH excluding ortho intramolecular Hbond substituents is 1. The lowest BCUT2D eigenvalue weighted by Crippen LogP contribution is -2.03. The van der Waals surface area contributed by atoms with Gasteiger partial charge in [0.1, 0.15) is 28.0 Å². The molecular weight excluding hydrogens is 435 g/mol. The van der Waals surface area contributed by atoms with Gasteiger partial charge in [-0.05, 0) is 79.8 Å². The second-order valence-electron chi connectivity index (χ2n) is 7.49. The highest BCUT2D eigenvalue weighted by molar-refractivity contribution is 7.91. The number of hydrogen-bond acceptors (Lipinski definition) is 5. The summed E-state index contributed by atoms with van der Waals surface area (Å²) in [5.41, 5.74) is 2.61. The van der Waals surface area contributed by atoms with Gasteiger partial charge in [0.15, 0.2) is 0 Å². The molecule has 0 unspecified atom stereocenters. The number of phenols is 1. The number of aryl methyl sites for hydroxylation is 3. The van der Waals surface area contributed by atoms with Crippen molar-refractivity contribution < 1.29 is 32.6 Å². The lowest BCUT2D eigenvalue weighted by molar-refractivity contribution is -0.137. The standard InChI is InChI=1S/C24H23FO6S/c1-15-12-17(4-3-5-23(27)28)13-16(2)24(15)31-19-8-11-21(26)22(14-19)32(29,30)20-9-6-18(25)7-10-20/h6-14,26H,3-5H2,1-2H3,(H,27,28). The summed E-state index contributed by atoms with van der Waals surface area (Å²) in [6, 6.07) is 12.1. The van der Waals surface area contributed by atoms with E-state index in [2.05, 4.69) is 0 Å². The Kier molecular flexibility index (Phi) is 6.84. The molecule has 0 aromatic heterocycles. The van der Waals surface area contributed by atoms with Gasteiger partial charge in [-0.25, -0.2) is 12.8 Å². The molecule has 8 heteroatoms. The Bertz CT molecular complexity index is 1230. The third kappa shape index (κ3) is 5.26. The molecule has 0 saturated carbocycles. The molecule has 0 aliphatic carbocycles. The fourth-order valence-electron chi connectivity index (χ4n) is 3.42. The first-order valence-electron chi connectivity index (χ1n) is 9.91. The molecule has 0 bridgehead atoms. The molecule has 0 aliphatic heterocycles. The van der Waals surface area contributed by atoms with E-state index in [4.69, 9.17) is 9.84 Å². The van der Waals surface area contributed by atoms with Crippen LogP contribution in [-0.4, -0.2) is 24.6 Å². The van der Waals surface area contributed by atoms with Crippen LogP contribution in [0.1, 0.15) is 29.5 Å². The van der Waals surface area contributed by atoms with Crippen LogP contribution in [0.5, 0.6) is 17.2 Å². The number of ether oxygens (including phenoxy) is 1. The SMILES string of the molecule is Cc1cc(CCCC(=O)O)cc(C)c1Oc1ccc(O)c(S(=O)(=O)c2ccc(F)cc2)c1. The Balaban J connectivity index is 1.89. The molecule has 0 aliphatic rings. The maximum Gasteiger partial charge on any atom is 0.303 e. The highest BCUT2D eigenvalue weighted by Crippen LogP contribution is 2.36. The summed E-state index contributed by atoms with van der Waals surface area (Å²) in [4.78, 5) is 10.2. The number of halogens is 1. The predicted molar refractivity (Wildman–Crippen MR) is 117 cm³/mol. The van der Waals surface area contributed by atoms with Crippen LogP contribution in [0.4, 0.5) is 4.39 Å². The van der Waals surface area contributed by atoms with Gasteiger partial charge >= 0.3 is 5.97 Å². The molecule has 0 atom stereocenters. The van der Waals surface area contributed by atoms with Crippen LogP contribution in [0.3, 0.4) is 0 Å². The van der Waals surface area contributed by atoms with E-state index < -0.39 is 27.4 Å². The zero-order chi connectivity index (χ0) is 23.5. The summed E-state index contributed by atoms with van der Waals surface area (Å²) in [7, 11) is -4.09. The van der Waals surface area contributed by atoms with Crippen molar-refractivity contribution in [2.24, 2.45) is 0 Å². The number of carboxylic acids is 1. The van der Waals surface area contributed by atoms with Crippen molar-refractivity contribution in [3.63, 3.8) is 0 Å². The minimum Gasteiger partial charge on any atom is -0.507 e. The van der Waals surface area contributed by atoms with Crippen molar-refractivity contribution >= 4 is 15.8 Å². The summed E-state index contributed by atoms with van der Waals surface area (Å²) in [6.45, 7) is 3.69. The fraction of sp³-hybridized carbons (Fsp3) is 0.208. The van der Waals surface area contributed by atoms with Crippen molar-refractivity contribution in [1.82, 2.24) is 0 Å². The van der Waals surface area contributed by atoms with Gasteiger partial charge in [-0.15, -0.1) is 0 Å². The number of rotatable bonds is 8. The van der Waals surface area contributed by atoms with Gasteiger partial charge in [-0.1, -0.05) is 12.1 Å². The van der Waals surface area contributed by atoms with E-state index in [1.54, 1.807) is 0 Å². The molecule has 3 aromatic carbocycles. The molecule has 2 N–H and O–H groups in total. The minimum absolute atomic E-state index is 0.0924. The third-order valence-corrected chi connectivity index (χ3v) is 6.74. The van der Waals surface area contributed by atoms with Crippen molar-refractivity contribution in [3.8, 4) is 17.2 Å². The number of benzene rings is 3. The minimum atomic E-state index is -4.09. The van der Waals surface area contributed by atoms with Crippen molar-refractivity contribution in [2.45, 2.75) is 42.9 Å². The van der Waals surface area contributed by atoms with Gasteiger partial charge in [0.2, 0.25) is 9.84 Å². The monoisotopic (exact) mass is 458 g/mol. The van der Waals surface area contributed by atoms with Gasteiger partial charge in [-0.2, -0.15) is 0 Å². The number of aliphatic carboxylic acids is 1. The highest BCUT2D eigenvalue weighted by atomic mass is 32.2. The van der Waals surface area contributed by atoms with Gasteiger partial charge < -0.3 is 14.9 Å². The molecule has 0 heterocycles.